The maximum absolute atomic E-state index is 12.3. The van der Waals surface area contributed by atoms with Crippen LogP contribution < -0.4 is 5.32 Å². The minimum atomic E-state index is -0.439. The van der Waals surface area contributed by atoms with Gasteiger partial charge in [0.2, 0.25) is 5.91 Å². The van der Waals surface area contributed by atoms with E-state index in [1.165, 1.54) is 6.07 Å². The van der Waals surface area contributed by atoms with Crippen molar-refractivity contribution in [2.45, 2.75) is 13.5 Å². The van der Waals surface area contributed by atoms with E-state index in [0.29, 0.717) is 11.3 Å². The predicted octanol–water partition coefficient (Wildman–Crippen LogP) is 2.05. The molecule has 2 heterocycles. The molecule has 0 unspecified atom stereocenters. The van der Waals surface area contributed by atoms with Crippen molar-refractivity contribution in [1.82, 2.24) is 14.8 Å². The molecule has 1 aromatic heterocycles. The number of nitrogens with one attached hydrogen (secondary N) is 1. The molecule has 0 saturated carbocycles. The molecule has 1 aliphatic rings. The summed E-state index contributed by atoms with van der Waals surface area (Å²) in [5, 5.41) is 13.8. The van der Waals surface area contributed by atoms with E-state index < -0.39 is 4.92 Å². The zero-order valence-corrected chi connectivity index (χ0v) is 15.3. The SMILES string of the molecule is Cc1ccc(NC(=O)CN2CCN(Cc3ccccn3)CC2)cc1[N+](=O)[O-]. The zero-order valence-electron chi connectivity index (χ0n) is 15.3. The number of anilines is 1. The summed E-state index contributed by atoms with van der Waals surface area (Å²) in [4.78, 5) is 31.6. The van der Waals surface area contributed by atoms with Gasteiger partial charge in [0.25, 0.3) is 5.69 Å². The smallest absolute Gasteiger partial charge is 0.274 e. The average Bonchev–Trinajstić information content (AvgIpc) is 2.65. The Hall–Kier alpha value is -2.84. The summed E-state index contributed by atoms with van der Waals surface area (Å²) in [6.45, 7) is 6.11. The summed E-state index contributed by atoms with van der Waals surface area (Å²) < 4.78 is 0. The Morgan fingerprint density at radius 2 is 1.93 bits per heavy atom. The molecule has 1 fully saturated rings. The Morgan fingerprint density at radius 1 is 1.19 bits per heavy atom. The molecule has 1 N–H and O–H groups in total. The van der Waals surface area contributed by atoms with Crippen molar-refractivity contribution in [1.29, 1.82) is 0 Å². The van der Waals surface area contributed by atoms with Gasteiger partial charge in [0.15, 0.2) is 0 Å². The van der Waals surface area contributed by atoms with Gasteiger partial charge < -0.3 is 5.32 Å². The molecule has 0 atom stereocenters. The highest BCUT2D eigenvalue weighted by molar-refractivity contribution is 5.92. The van der Waals surface area contributed by atoms with E-state index in [4.69, 9.17) is 0 Å². The van der Waals surface area contributed by atoms with Crippen molar-refractivity contribution in [3.05, 3.63) is 64.0 Å². The topological polar surface area (TPSA) is 91.6 Å². The number of aromatic nitrogens is 1. The number of benzene rings is 1. The van der Waals surface area contributed by atoms with Crippen LogP contribution in [-0.4, -0.2) is 58.3 Å². The third-order valence-corrected chi connectivity index (χ3v) is 4.63. The first kappa shape index (κ1) is 18.9. The van der Waals surface area contributed by atoms with E-state index in [0.717, 1.165) is 38.4 Å². The van der Waals surface area contributed by atoms with E-state index >= 15 is 0 Å². The summed E-state index contributed by atoms with van der Waals surface area (Å²) >= 11 is 0. The van der Waals surface area contributed by atoms with Gasteiger partial charge in [-0.25, -0.2) is 0 Å². The second-order valence-corrected chi connectivity index (χ2v) is 6.68. The molecule has 1 amide bonds. The Labute approximate surface area is 158 Å². The van der Waals surface area contributed by atoms with Gasteiger partial charge in [-0.3, -0.25) is 29.7 Å². The molecule has 3 rings (SSSR count). The fourth-order valence-electron chi connectivity index (χ4n) is 3.11. The Balaban J connectivity index is 1.47. The summed E-state index contributed by atoms with van der Waals surface area (Å²) in [7, 11) is 0. The fraction of sp³-hybridized carbons (Fsp3) is 0.368. The van der Waals surface area contributed by atoms with E-state index in [1.807, 2.05) is 18.2 Å². The highest BCUT2D eigenvalue weighted by atomic mass is 16.6. The second kappa shape index (κ2) is 8.70. The number of carbonyl (C=O) groups is 1. The van der Waals surface area contributed by atoms with Crippen molar-refractivity contribution >= 4 is 17.3 Å². The molecule has 142 valence electrons. The number of hydrogen-bond donors (Lipinski definition) is 1. The number of pyridine rings is 1. The van der Waals surface area contributed by atoms with Crippen molar-refractivity contribution < 1.29 is 9.72 Å². The molecular formula is C19H23N5O3. The Morgan fingerprint density at radius 3 is 2.59 bits per heavy atom. The first-order valence-corrected chi connectivity index (χ1v) is 8.91. The Kier molecular flexibility index (Phi) is 6.10. The lowest BCUT2D eigenvalue weighted by atomic mass is 10.2. The van der Waals surface area contributed by atoms with Gasteiger partial charge in [0.05, 0.1) is 17.2 Å². The van der Waals surface area contributed by atoms with Crippen molar-refractivity contribution in [3.8, 4) is 0 Å². The lowest BCUT2D eigenvalue weighted by Crippen LogP contribution is -2.48. The molecule has 0 radical (unpaired) electrons. The second-order valence-electron chi connectivity index (χ2n) is 6.68. The number of nitro benzene ring substituents is 1. The van der Waals surface area contributed by atoms with Gasteiger partial charge in [0.1, 0.15) is 0 Å². The van der Waals surface area contributed by atoms with Crippen LogP contribution >= 0.6 is 0 Å². The fourth-order valence-corrected chi connectivity index (χ4v) is 3.11. The van der Waals surface area contributed by atoms with Crippen molar-refractivity contribution in [2.24, 2.45) is 0 Å². The molecule has 0 aliphatic carbocycles. The number of hydrogen-bond acceptors (Lipinski definition) is 6. The lowest BCUT2D eigenvalue weighted by Gasteiger charge is -2.34. The zero-order chi connectivity index (χ0) is 19.2. The summed E-state index contributed by atoms with van der Waals surface area (Å²) in [5.74, 6) is -0.161. The first-order chi connectivity index (χ1) is 13.0. The van der Waals surface area contributed by atoms with E-state index in [-0.39, 0.29) is 18.1 Å². The van der Waals surface area contributed by atoms with Crippen LogP contribution in [0.15, 0.2) is 42.6 Å². The molecule has 8 nitrogen and oxygen atoms in total. The van der Waals surface area contributed by atoms with Gasteiger partial charge in [-0.2, -0.15) is 0 Å². The standard InChI is InChI=1S/C19H23N5O3/c1-15-5-6-16(12-18(15)24(26)27)21-19(25)14-23-10-8-22(9-11-23)13-17-4-2-3-7-20-17/h2-7,12H,8-11,13-14H2,1H3,(H,21,25). The molecule has 1 aliphatic heterocycles. The van der Waals surface area contributed by atoms with Crippen LogP contribution in [0.4, 0.5) is 11.4 Å². The molecule has 1 saturated heterocycles. The van der Waals surface area contributed by atoms with Gasteiger partial charge >= 0.3 is 0 Å². The maximum Gasteiger partial charge on any atom is 0.274 e. The van der Waals surface area contributed by atoms with E-state index in [9.17, 15) is 14.9 Å². The molecule has 8 heteroatoms. The van der Waals surface area contributed by atoms with Crippen LogP contribution in [0, 0.1) is 17.0 Å². The van der Waals surface area contributed by atoms with Gasteiger partial charge in [-0.15, -0.1) is 0 Å². The van der Waals surface area contributed by atoms with Crippen molar-refractivity contribution in [2.75, 3.05) is 38.0 Å². The number of carbonyl (C=O) groups excluding carboxylic acids is 1. The molecule has 0 bridgehead atoms. The highest BCUT2D eigenvalue weighted by Gasteiger charge is 2.20. The van der Waals surface area contributed by atoms with Crippen molar-refractivity contribution in [3.63, 3.8) is 0 Å². The number of piperazine rings is 1. The van der Waals surface area contributed by atoms with Gasteiger partial charge in [0, 0.05) is 56.2 Å². The van der Waals surface area contributed by atoms with Crippen LogP contribution in [0.1, 0.15) is 11.3 Å². The van der Waals surface area contributed by atoms with Crippen LogP contribution in [-0.2, 0) is 11.3 Å². The molecule has 1 aromatic carbocycles. The van der Waals surface area contributed by atoms with Gasteiger partial charge in [-0.05, 0) is 25.1 Å². The van der Waals surface area contributed by atoms with Crippen LogP contribution in [0.25, 0.3) is 0 Å². The van der Waals surface area contributed by atoms with Crippen LogP contribution in [0.5, 0.6) is 0 Å². The monoisotopic (exact) mass is 369 g/mol. The third kappa shape index (κ3) is 5.32. The van der Waals surface area contributed by atoms with E-state index in [2.05, 4.69) is 20.1 Å². The normalized spacial score (nSPS) is 15.4. The first-order valence-electron chi connectivity index (χ1n) is 8.91. The molecule has 27 heavy (non-hydrogen) atoms. The summed E-state index contributed by atoms with van der Waals surface area (Å²) in [6.07, 6.45) is 1.80. The molecule has 2 aromatic rings. The maximum atomic E-state index is 12.3. The molecule has 0 spiro atoms. The number of aryl methyl sites for hydroxylation is 1. The van der Waals surface area contributed by atoms with Gasteiger partial charge in [-0.1, -0.05) is 12.1 Å². The largest absolute Gasteiger partial charge is 0.325 e. The number of nitrogens with zero attached hydrogens (tertiary/aromatic N) is 4. The summed E-state index contributed by atoms with van der Waals surface area (Å²) in [5.41, 5.74) is 2.08. The highest BCUT2D eigenvalue weighted by Crippen LogP contribution is 2.22. The third-order valence-electron chi connectivity index (χ3n) is 4.63. The summed E-state index contributed by atoms with van der Waals surface area (Å²) in [6, 6.07) is 10.6. The molecular weight excluding hydrogens is 346 g/mol. The van der Waals surface area contributed by atoms with Crippen LogP contribution in [0.3, 0.4) is 0 Å². The minimum Gasteiger partial charge on any atom is -0.325 e. The number of nitro groups is 1. The predicted molar refractivity (Wildman–Crippen MR) is 102 cm³/mol. The number of amides is 1. The number of rotatable bonds is 6. The minimum absolute atomic E-state index is 0.0101. The quantitative estimate of drug-likeness (QED) is 0.619. The lowest BCUT2D eigenvalue weighted by molar-refractivity contribution is -0.385. The van der Waals surface area contributed by atoms with Crippen LogP contribution in [0.2, 0.25) is 0 Å². The van der Waals surface area contributed by atoms with E-state index in [1.54, 1.807) is 25.3 Å². The Bertz CT molecular complexity index is 804. The average molecular weight is 369 g/mol.